The topological polar surface area (TPSA) is 82.4 Å². The fourth-order valence-corrected chi connectivity index (χ4v) is 6.20. The molecule has 0 radical (unpaired) electrons. The average molecular weight is 462 g/mol. The predicted molar refractivity (Wildman–Crippen MR) is 128 cm³/mol. The molecular formula is C26H31N5O3. The van der Waals surface area contributed by atoms with E-state index in [2.05, 4.69) is 41.2 Å². The van der Waals surface area contributed by atoms with E-state index in [9.17, 15) is 4.79 Å². The molecule has 34 heavy (non-hydrogen) atoms. The fourth-order valence-electron chi connectivity index (χ4n) is 6.20. The van der Waals surface area contributed by atoms with Crippen molar-refractivity contribution in [1.82, 2.24) is 25.1 Å². The maximum Gasteiger partial charge on any atom is 0.254 e. The molecule has 2 heterocycles. The van der Waals surface area contributed by atoms with Gasteiger partial charge >= 0.3 is 0 Å². The summed E-state index contributed by atoms with van der Waals surface area (Å²) in [5.41, 5.74) is 3.39. The zero-order chi connectivity index (χ0) is 24.1. The van der Waals surface area contributed by atoms with E-state index < -0.39 is 0 Å². The Kier molecular flexibility index (Phi) is 5.34. The van der Waals surface area contributed by atoms with Crippen LogP contribution in [0, 0.1) is 10.8 Å². The first kappa shape index (κ1) is 22.4. The van der Waals surface area contributed by atoms with Crippen LogP contribution in [0.5, 0.6) is 11.5 Å². The number of benzene rings is 2. The molecule has 1 aliphatic carbocycles. The second kappa shape index (κ2) is 8.11. The van der Waals surface area contributed by atoms with E-state index in [1.165, 1.54) is 6.33 Å². The number of methoxy groups -OCH3 is 2. The van der Waals surface area contributed by atoms with E-state index in [1.54, 1.807) is 18.9 Å². The summed E-state index contributed by atoms with van der Waals surface area (Å²) in [4.78, 5) is 16.0. The number of fused-ring (bicyclic) bond motifs is 2. The van der Waals surface area contributed by atoms with Crippen LogP contribution in [-0.4, -0.2) is 57.8 Å². The Labute approximate surface area is 199 Å². The van der Waals surface area contributed by atoms with Crippen LogP contribution in [0.25, 0.3) is 16.8 Å². The number of aromatic nitrogens is 4. The number of hydrogen-bond donors (Lipinski definition) is 0. The maximum atomic E-state index is 13.9. The van der Waals surface area contributed by atoms with Gasteiger partial charge in [0.1, 0.15) is 17.8 Å². The Morgan fingerprint density at radius 2 is 1.88 bits per heavy atom. The van der Waals surface area contributed by atoms with Gasteiger partial charge < -0.3 is 14.4 Å². The number of carbonyl (C=O) groups is 1. The molecule has 1 amide bonds. The highest BCUT2D eigenvalue weighted by molar-refractivity contribution is 5.97. The second-order valence-electron chi connectivity index (χ2n) is 10.7. The second-order valence-corrected chi connectivity index (χ2v) is 10.7. The van der Waals surface area contributed by atoms with Crippen LogP contribution in [-0.2, 0) is 0 Å². The maximum absolute atomic E-state index is 13.9. The lowest BCUT2D eigenvalue weighted by molar-refractivity contribution is 0.0708. The van der Waals surface area contributed by atoms with Crippen LogP contribution in [0.1, 0.15) is 50.4 Å². The van der Waals surface area contributed by atoms with Gasteiger partial charge in [0.25, 0.3) is 5.91 Å². The SMILES string of the molecule is COc1ccc(OC)c(-c2cc(C(=O)N3C[C@@]4(C)C[C@H]3CC(C)(C)C4)cc(-n3cnnn3)c2)c1. The van der Waals surface area contributed by atoms with Crippen molar-refractivity contribution in [3.63, 3.8) is 0 Å². The van der Waals surface area contributed by atoms with Gasteiger partial charge in [0.05, 0.1) is 19.9 Å². The van der Waals surface area contributed by atoms with Crippen molar-refractivity contribution in [3.05, 3.63) is 48.3 Å². The molecule has 0 unspecified atom stereocenters. The van der Waals surface area contributed by atoms with Gasteiger partial charge in [-0.1, -0.05) is 20.8 Å². The van der Waals surface area contributed by atoms with Crippen molar-refractivity contribution >= 4 is 5.91 Å². The fraction of sp³-hybridized carbons (Fsp3) is 0.462. The quantitative estimate of drug-likeness (QED) is 0.561. The summed E-state index contributed by atoms with van der Waals surface area (Å²) in [6, 6.07) is 11.6. The Balaban J connectivity index is 1.60. The number of nitrogens with zero attached hydrogens (tertiary/aromatic N) is 5. The highest BCUT2D eigenvalue weighted by Gasteiger charge is 2.51. The van der Waals surface area contributed by atoms with Crippen LogP contribution in [0.4, 0.5) is 0 Å². The Morgan fingerprint density at radius 3 is 2.59 bits per heavy atom. The molecule has 8 heteroatoms. The van der Waals surface area contributed by atoms with Gasteiger partial charge in [-0.15, -0.1) is 5.10 Å². The molecule has 5 rings (SSSR count). The van der Waals surface area contributed by atoms with Crippen molar-refractivity contribution in [2.45, 2.75) is 46.1 Å². The molecule has 1 saturated carbocycles. The zero-order valence-corrected chi connectivity index (χ0v) is 20.4. The third-order valence-corrected chi connectivity index (χ3v) is 7.17. The lowest BCUT2D eigenvalue weighted by atomic mass is 9.65. The van der Waals surface area contributed by atoms with Crippen LogP contribution in [0.15, 0.2) is 42.7 Å². The molecule has 2 aliphatic rings. The molecule has 2 aromatic carbocycles. The Morgan fingerprint density at radius 1 is 1.06 bits per heavy atom. The predicted octanol–water partition coefficient (Wildman–Crippen LogP) is 4.39. The summed E-state index contributed by atoms with van der Waals surface area (Å²) in [6.45, 7) is 7.73. The molecule has 178 valence electrons. The van der Waals surface area contributed by atoms with Crippen molar-refractivity contribution in [1.29, 1.82) is 0 Å². The van der Waals surface area contributed by atoms with E-state index in [1.807, 2.05) is 36.4 Å². The summed E-state index contributed by atoms with van der Waals surface area (Å²) in [5, 5.41) is 11.6. The first-order valence-electron chi connectivity index (χ1n) is 11.6. The molecule has 1 aromatic heterocycles. The number of tetrazole rings is 1. The van der Waals surface area contributed by atoms with Crippen LogP contribution in [0.2, 0.25) is 0 Å². The Hall–Kier alpha value is -3.42. The number of likely N-dealkylation sites (tertiary alicyclic amines) is 1. The first-order chi connectivity index (χ1) is 16.2. The van der Waals surface area contributed by atoms with Crippen molar-refractivity contribution in [2.24, 2.45) is 10.8 Å². The molecule has 1 aliphatic heterocycles. The minimum atomic E-state index is 0.0458. The lowest BCUT2D eigenvalue weighted by Gasteiger charge is -2.39. The third-order valence-electron chi connectivity index (χ3n) is 7.17. The van der Waals surface area contributed by atoms with Gasteiger partial charge in [0.2, 0.25) is 0 Å². The van der Waals surface area contributed by atoms with Crippen LogP contribution in [0.3, 0.4) is 0 Å². The molecule has 2 atom stereocenters. The highest BCUT2D eigenvalue weighted by atomic mass is 16.5. The smallest absolute Gasteiger partial charge is 0.254 e. The summed E-state index contributed by atoms with van der Waals surface area (Å²) in [7, 11) is 3.26. The highest BCUT2D eigenvalue weighted by Crippen LogP contribution is 2.52. The standard InChI is InChI=1S/C26H31N5O3/c1-25(2)12-20-13-26(3,14-25)15-30(20)24(32)18-8-17(9-19(10-18)31-16-27-28-29-31)22-11-21(33-4)6-7-23(22)34-5/h6-11,16,20H,12-15H2,1-5H3/t20-,26+/m1/s1. The van der Waals surface area contributed by atoms with Gasteiger partial charge in [0, 0.05) is 23.7 Å². The number of rotatable bonds is 5. The molecule has 2 fully saturated rings. The summed E-state index contributed by atoms with van der Waals surface area (Å²) < 4.78 is 12.6. The van der Waals surface area contributed by atoms with E-state index in [0.29, 0.717) is 22.7 Å². The van der Waals surface area contributed by atoms with Gasteiger partial charge in [-0.25, -0.2) is 4.68 Å². The van der Waals surface area contributed by atoms with Gasteiger partial charge in [-0.05, 0) is 82.5 Å². The molecule has 0 spiro atoms. The minimum absolute atomic E-state index is 0.0458. The molecular weight excluding hydrogens is 430 g/mol. The molecule has 3 aromatic rings. The van der Waals surface area contributed by atoms with Crippen LogP contribution < -0.4 is 9.47 Å². The van der Waals surface area contributed by atoms with Crippen molar-refractivity contribution in [3.8, 4) is 28.3 Å². The van der Waals surface area contributed by atoms with E-state index in [-0.39, 0.29) is 22.8 Å². The normalized spacial score (nSPS) is 23.1. The monoisotopic (exact) mass is 461 g/mol. The zero-order valence-electron chi connectivity index (χ0n) is 20.4. The Bertz CT molecular complexity index is 1220. The molecule has 8 nitrogen and oxygen atoms in total. The lowest BCUT2D eigenvalue weighted by Crippen LogP contribution is -2.37. The summed E-state index contributed by atoms with van der Waals surface area (Å²) in [6.07, 6.45) is 4.75. The van der Waals surface area contributed by atoms with E-state index >= 15 is 0 Å². The van der Waals surface area contributed by atoms with Gasteiger partial charge in [-0.2, -0.15) is 0 Å². The van der Waals surface area contributed by atoms with E-state index in [0.717, 1.165) is 36.9 Å². The van der Waals surface area contributed by atoms with Crippen molar-refractivity contribution in [2.75, 3.05) is 20.8 Å². The summed E-state index contributed by atoms with van der Waals surface area (Å²) >= 11 is 0. The largest absolute Gasteiger partial charge is 0.497 e. The number of ether oxygens (including phenoxy) is 2. The van der Waals surface area contributed by atoms with Gasteiger partial charge in [-0.3, -0.25) is 4.79 Å². The molecule has 1 saturated heterocycles. The number of carbonyl (C=O) groups excluding carboxylic acids is 1. The molecule has 2 bridgehead atoms. The summed E-state index contributed by atoms with van der Waals surface area (Å²) in [5.74, 6) is 1.45. The van der Waals surface area contributed by atoms with E-state index in [4.69, 9.17) is 9.47 Å². The van der Waals surface area contributed by atoms with Gasteiger partial charge in [0.15, 0.2) is 0 Å². The molecule has 0 N–H and O–H groups in total. The van der Waals surface area contributed by atoms with Crippen molar-refractivity contribution < 1.29 is 14.3 Å². The van der Waals surface area contributed by atoms with Crippen LogP contribution >= 0.6 is 0 Å². The number of hydrogen-bond acceptors (Lipinski definition) is 6. The first-order valence-corrected chi connectivity index (χ1v) is 11.6. The average Bonchev–Trinajstić information content (AvgIpc) is 3.43. The third kappa shape index (κ3) is 4.02. The number of amides is 1. The minimum Gasteiger partial charge on any atom is -0.497 e.